The molecule has 0 aromatic heterocycles. The van der Waals surface area contributed by atoms with Gasteiger partial charge in [-0.15, -0.1) is 0 Å². The van der Waals surface area contributed by atoms with Crippen LogP contribution in [0.25, 0.3) is 0 Å². The van der Waals surface area contributed by atoms with E-state index in [9.17, 15) is 19.2 Å². The molecule has 1 fully saturated rings. The number of ether oxygens (including phenoxy) is 1. The summed E-state index contributed by atoms with van der Waals surface area (Å²) < 4.78 is 10.7. The third kappa shape index (κ3) is 5.23. The quantitative estimate of drug-likeness (QED) is 0.404. The summed E-state index contributed by atoms with van der Waals surface area (Å²) in [6, 6.07) is -0.805. The molecule has 8 nitrogen and oxygen atoms in total. The molecule has 0 aromatic carbocycles. The SMILES string of the molecule is COC([CH2][Hg][O]C(C)=O)CC1C(=O)NC(=O)NC1=O. The maximum atomic E-state index is 11.5. The van der Waals surface area contributed by atoms with Crippen LogP contribution >= 0.6 is 0 Å². The fourth-order valence-electron chi connectivity index (χ4n) is 1.69. The fraction of sp³-hybridized carbons (Fsp3) is 0.600. The van der Waals surface area contributed by atoms with Crippen LogP contribution in [0.2, 0.25) is 3.93 Å². The van der Waals surface area contributed by atoms with Gasteiger partial charge in [0.25, 0.3) is 0 Å². The average molecular weight is 459 g/mol. The van der Waals surface area contributed by atoms with E-state index in [1.165, 1.54) is 14.0 Å². The van der Waals surface area contributed by atoms with Crippen LogP contribution in [0.4, 0.5) is 4.79 Å². The Labute approximate surface area is 122 Å². The normalized spacial score (nSPS) is 17.3. The number of imide groups is 2. The van der Waals surface area contributed by atoms with Crippen LogP contribution in [-0.2, 0) is 46.8 Å². The van der Waals surface area contributed by atoms with Crippen LogP contribution in [0.5, 0.6) is 0 Å². The number of carbonyl (C=O) groups is 4. The van der Waals surface area contributed by atoms with E-state index in [4.69, 9.17) is 7.38 Å². The van der Waals surface area contributed by atoms with Crippen molar-refractivity contribution in [2.45, 2.75) is 23.4 Å². The van der Waals surface area contributed by atoms with Gasteiger partial charge in [-0.3, -0.25) is 0 Å². The predicted octanol–water partition coefficient (Wildman–Crippen LogP) is -0.647. The molecule has 0 aromatic rings. The van der Waals surface area contributed by atoms with Crippen molar-refractivity contribution >= 4 is 23.8 Å². The third-order valence-electron chi connectivity index (χ3n) is 2.68. The Morgan fingerprint density at radius 1 is 1.32 bits per heavy atom. The summed E-state index contributed by atoms with van der Waals surface area (Å²) in [7, 11) is 1.47. The van der Waals surface area contributed by atoms with Gasteiger partial charge in [0.2, 0.25) is 0 Å². The first-order chi connectivity index (χ1) is 8.93. The summed E-state index contributed by atoms with van der Waals surface area (Å²) in [5.74, 6) is -2.51. The van der Waals surface area contributed by atoms with E-state index in [0.717, 1.165) is 0 Å². The van der Waals surface area contributed by atoms with Gasteiger partial charge < -0.3 is 0 Å². The summed E-state index contributed by atoms with van der Waals surface area (Å²) in [6.45, 7) is 1.34. The molecule has 0 spiro atoms. The molecule has 1 saturated heterocycles. The number of rotatable bonds is 6. The summed E-state index contributed by atoms with van der Waals surface area (Å²) >= 11 is -1.83. The molecule has 9 heteroatoms. The number of urea groups is 1. The van der Waals surface area contributed by atoms with Gasteiger partial charge in [-0.05, 0) is 0 Å². The summed E-state index contributed by atoms with van der Waals surface area (Å²) in [5.41, 5.74) is 0. The zero-order valence-corrected chi connectivity index (χ0v) is 16.2. The first kappa shape index (κ1) is 16.0. The number of nitrogens with one attached hydrogen (secondary N) is 2. The van der Waals surface area contributed by atoms with E-state index in [1.807, 2.05) is 10.6 Å². The fourth-order valence-corrected chi connectivity index (χ4v) is 6.12. The standard InChI is InChI=1S/C8H11N2O4.C2H4O2.Hg/c1-4(14-2)3-5-6(11)9-8(13)10-7(5)12;1-2(3)4;/h4-5H,1,3H2,2H3,(H2,9,10,11,12,13);1H3,(H,3,4);/q;;+1/p-1. The van der Waals surface area contributed by atoms with E-state index in [-0.39, 0.29) is 18.5 Å². The number of barbiturate groups is 1. The molecule has 1 unspecified atom stereocenters. The Morgan fingerprint density at radius 3 is 2.37 bits per heavy atom. The Balaban J connectivity index is 2.50. The predicted molar refractivity (Wildman–Crippen MR) is 57.2 cm³/mol. The Kier molecular flexibility index (Phi) is 6.36. The van der Waals surface area contributed by atoms with Crippen molar-refractivity contribution in [1.82, 2.24) is 10.6 Å². The molecule has 102 valence electrons. The Bertz CT molecular complexity index is 379. The number of amides is 4. The monoisotopic (exact) mass is 460 g/mol. The van der Waals surface area contributed by atoms with Gasteiger partial charge >= 0.3 is 122 Å². The van der Waals surface area contributed by atoms with Gasteiger partial charge in [-0.1, -0.05) is 0 Å². The molecule has 0 radical (unpaired) electrons. The molecule has 1 atom stereocenters. The van der Waals surface area contributed by atoms with Crippen molar-refractivity contribution in [1.29, 1.82) is 0 Å². The molecule has 1 rings (SSSR count). The molecule has 0 aliphatic carbocycles. The van der Waals surface area contributed by atoms with Gasteiger partial charge in [-0.2, -0.15) is 0 Å². The summed E-state index contributed by atoms with van der Waals surface area (Å²) in [4.78, 5) is 44.6. The second-order valence-electron chi connectivity index (χ2n) is 4.08. The van der Waals surface area contributed by atoms with Crippen LogP contribution in [0.3, 0.4) is 0 Å². The van der Waals surface area contributed by atoms with Gasteiger partial charge in [0, 0.05) is 0 Å². The zero-order valence-electron chi connectivity index (χ0n) is 10.7. The second-order valence-corrected chi connectivity index (χ2v) is 9.04. The van der Waals surface area contributed by atoms with Gasteiger partial charge in [-0.25, -0.2) is 0 Å². The minimum absolute atomic E-state index is 0.169. The van der Waals surface area contributed by atoms with E-state index >= 15 is 0 Å². The number of hydrogen-bond acceptors (Lipinski definition) is 6. The van der Waals surface area contributed by atoms with Crippen LogP contribution in [0.1, 0.15) is 13.3 Å². The van der Waals surface area contributed by atoms with Crippen molar-refractivity contribution in [3.63, 3.8) is 0 Å². The van der Waals surface area contributed by atoms with Crippen LogP contribution in [0, 0.1) is 5.92 Å². The molecule has 19 heavy (non-hydrogen) atoms. The van der Waals surface area contributed by atoms with Gasteiger partial charge in [0.05, 0.1) is 0 Å². The third-order valence-corrected chi connectivity index (χ3v) is 8.48. The van der Waals surface area contributed by atoms with Crippen molar-refractivity contribution in [2.75, 3.05) is 7.11 Å². The first-order valence-corrected chi connectivity index (χ1v) is 11.9. The van der Waals surface area contributed by atoms with Crippen molar-refractivity contribution in [3.05, 3.63) is 0 Å². The van der Waals surface area contributed by atoms with Crippen LogP contribution in [0.15, 0.2) is 0 Å². The molecule has 0 bridgehead atoms. The van der Waals surface area contributed by atoms with Crippen molar-refractivity contribution in [2.24, 2.45) is 5.92 Å². The van der Waals surface area contributed by atoms with E-state index in [1.54, 1.807) is 0 Å². The van der Waals surface area contributed by atoms with Crippen molar-refractivity contribution < 1.29 is 51.6 Å². The van der Waals surface area contributed by atoms with E-state index < -0.39 is 48.8 Å². The van der Waals surface area contributed by atoms with Gasteiger partial charge in [0.1, 0.15) is 0 Å². The second kappa shape index (κ2) is 7.54. The van der Waals surface area contributed by atoms with Crippen molar-refractivity contribution in [3.8, 4) is 0 Å². The maximum absolute atomic E-state index is 11.5. The number of carbonyl (C=O) groups excluding carboxylic acids is 4. The van der Waals surface area contributed by atoms with E-state index in [2.05, 4.69) is 0 Å². The molecular formula is C10H14HgN2O6. The number of hydrogen-bond donors (Lipinski definition) is 2. The molecule has 0 saturated carbocycles. The summed E-state index contributed by atoms with van der Waals surface area (Å²) in [6.07, 6.45) is -0.154. The molecular weight excluding hydrogens is 445 g/mol. The number of methoxy groups -OCH3 is 1. The summed E-state index contributed by atoms with van der Waals surface area (Å²) in [5, 5.41) is 4.06. The topological polar surface area (TPSA) is 111 Å². The molecule has 1 aliphatic rings. The van der Waals surface area contributed by atoms with E-state index in [0.29, 0.717) is 3.93 Å². The van der Waals surface area contributed by atoms with Crippen LogP contribution in [-0.4, -0.2) is 37.0 Å². The first-order valence-electron chi connectivity index (χ1n) is 5.76. The zero-order chi connectivity index (χ0) is 14.4. The molecule has 2 N–H and O–H groups in total. The Morgan fingerprint density at radius 2 is 1.89 bits per heavy atom. The van der Waals surface area contributed by atoms with Crippen LogP contribution < -0.4 is 10.6 Å². The van der Waals surface area contributed by atoms with Gasteiger partial charge in [0.15, 0.2) is 0 Å². The average Bonchev–Trinajstić information content (AvgIpc) is 2.30. The Hall–Kier alpha value is -1.02. The minimum atomic E-state index is -1.83. The molecule has 4 amide bonds. The molecule has 1 aliphatic heterocycles. The molecule has 1 heterocycles.